The van der Waals surface area contributed by atoms with E-state index in [1.165, 1.54) is 16.6 Å². The summed E-state index contributed by atoms with van der Waals surface area (Å²) in [5.41, 5.74) is 1.47. The van der Waals surface area contributed by atoms with Crippen LogP contribution >= 0.6 is 0 Å². The second-order valence-corrected chi connectivity index (χ2v) is 9.17. The van der Waals surface area contributed by atoms with Crippen molar-refractivity contribution in [2.45, 2.75) is 24.6 Å². The average Bonchev–Trinajstić information content (AvgIpc) is 2.69. The average molecular weight is 417 g/mol. The van der Waals surface area contributed by atoms with Crippen LogP contribution in [-0.2, 0) is 15.8 Å². The lowest BCUT2D eigenvalue weighted by Crippen LogP contribution is -2.42. The SMILES string of the molecule is O=S(=O)(Cc1ccccc1)N1CCC(Nc2ccnc3c(F)cc(F)cc23)CC1. The Balaban J connectivity index is 1.44. The molecular weight excluding hydrogens is 396 g/mol. The number of halogens is 2. The number of hydrogen-bond donors (Lipinski definition) is 1. The maximum Gasteiger partial charge on any atom is 0.218 e. The zero-order valence-corrected chi connectivity index (χ0v) is 16.5. The Bertz CT molecular complexity index is 1120. The molecular formula is C21H21F2N3O2S. The lowest BCUT2D eigenvalue weighted by Gasteiger charge is -2.32. The lowest BCUT2D eigenvalue weighted by atomic mass is 10.1. The van der Waals surface area contributed by atoms with E-state index in [0.29, 0.717) is 37.0 Å². The Labute approximate surface area is 168 Å². The van der Waals surface area contributed by atoms with Gasteiger partial charge in [0.1, 0.15) is 11.3 Å². The minimum atomic E-state index is -3.38. The van der Waals surface area contributed by atoms with Crippen molar-refractivity contribution in [2.24, 2.45) is 0 Å². The van der Waals surface area contributed by atoms with Crippen molar-refractivity contribution in [1.29, 1.82) is 0 Å². The van der Waals surface area contributed by atoms with Gasteiger partial charge in [0.2, 0.25) is 10.0 Å². The minimum absolute atomic E-state index is 0.00936. The normalized spacial score (nSPS) is 16.2. The number of hydrogen-bond acceptors (Lipinski definition) is 4. The van der Waals surface area contributed by atoms with Crippen LogP contribution in [0.4, 0.5) is 14.5 Å². The van der Waals surface area contributed by atoms with Gasteiger partial charge in [0.25, 0.3) is 0 Å². The van der Waals surface area contributed by atoms with Gasteiger partial charge in [-0.3, -0.25) is 4.98 Å². The van der Waals surface area contributed by atoms with E-state index < -0.39 is 21.7 Å². The van der Waals surface area contributed by atoms with E-state index in [4.69, 9.17) is 0 Å². The zero-order chi connectivity index (χ0) is 20.4. The summed E-state index contributed by atoms with van der Waals surface area (Å²) in [6.07, 6.45) is 2.69. The second-order valence-electron chi connectivity index (χ2n) is 7.20. The summed E-state index contributed by atoms with van der Waals surface area (Å²) in [4.78, 5) is 3.99. The fourth-order valence-corrected chi connectivity index (χ4v) is 5.24. The highest BCUT2D eigenvalue weighted by Crippen LogP contribution is 2.27. The highest BCUT2D eigenvalue weighted by atomic mass is 32.2. The second kappa shape index (κ2) is 8.04. The van der Waals surface area contributed by atoms with Crippen molar-refractivity contribution in [3.8, 4) is 0 Å². The smallest absolute Gasteiger partial charge is 0.218 e. The van der Waals surface area contributed by atoms with E-state index in [0.717, 1.165) is 11.6 Å². The first-order valence-electron chi connectivity index (χ1n) is 9.44. The zero-order valence-electron chi connectivity index (χ0n) is 15.7. The van der Waals surface area contributed by atoms with Crippen LogP contribution in [0.25, 0.3) is 10.9 Å². The number of benzene rings is 2. The molecule has 0 aliphatic carbocycles. The van der Waals surface area contributed by atoms with E-state index in [-0.39, 0.29) is 17.3 Å². The van der Waals surface area contributed by atoms with E-state index in [1.54, 1.807) is 18.2 Å². The summed E-state index contributed by atoms with van der Waals surface area (Å²) in [6, 6.07) is 12.9. The topological polar surface area (TPSA) is 62.3 Å². The summed E-state index contributed by atoms with van der Waals surface area (Å²) >= 11 is 0. The van der Waals surface area contributed by atoms with Crippen LogP contribution in [0.15, 0.2) is 54.7 Å². The Hall–Kier alpha value is -2.58. The summed E-state index contributed by atoms with van der Waals surface area (Å²) in [6.45, 7) is 0.803. The van der Waals surface area contributed by atoms with Crippen LogP contribution in [0.3, 0.4) is 0 Å². The molecule has 1 aliphatic rings. The molecule has 0 amide bonds. The number of aromatic nitrogens is 1. The molecule has 0 spiro atoms. The first kappa shape index (κ1) is 19.7. The van der Waals surface area contributed by atoms with Gasteiger partial charge in [0, 0.05) is 42.5 Å². The van der Waals surface area contributed by atoms with Gasteiger partial charge in [-0.15, -0.1) is 0 Å². The van der Waals surface area contributed by atoms with Crippen molar-refractivity contribution in [1.82, 2.24) is 9.29 Å². The minimum Gasteiger partial charge on any atom is -0.382 e. The van der Waals surface area contributed by atoms with Gasteiger partial charge in [0.05, 0.1) is 5.75 Å². The molecule has 4 rings (SSSR count). The molecule has 1 aliphatic heterocycles. The molecule has 2 heterocycles. The molecule has 0 radical (unpaired) electrons. The molecule has 2 aromatic carbocycles. The standard InChI is InChI=1S/C21H21F2N3O2S/c22-16-12-18-20(6-9-24-21(18)19(23)13-16)25-17-7-10-26(11-8-17)29(27,28)14-15-4-2-1-3-5-15/h1-6,9,12-13,17H,7-8,10-11,14H2,(H,24,25). The first-order chi connectivity index (χ1) is 13.9. The highest BCUT2D eigenvalue weighted by Gasteiger charge is 2.28. The number of nitrogens with zero attached hydrogens (tertiary/aromatic N) is 2. The number of nitrogens with one attached hydrogen (secondary N) is 1. The number of piperidine rings is 1. The predicted molar refractivity (Wildman–Crippen MR) is 109 cm³/mol. The highest BCUT2D eigenvalue weighted by molar-refractivity contribution is 7.88. The molecule has 1 N–H and O–H groups in total. The fourth-order valence-electron chi connectivity index (χ4n) is 3.68. The summed E-state index contributed by atoms with van der Waals surface area (Å²) in [7, 11) is -3.38. The van der Waals surface area contributed by atoms with Crippen LogP contribution in [0, 0.1) is 11.6 Å². The Kier molecular flexibility index (Phi) is 5.47. The number of rotatable bonds is 5. The number of sulfonamides is 1. The van der Waals surface area contributed by atoms with E-state index >= 15 is 0 Å². The van der Waals surface area contributed by atoms with Crippen LogP contribution in [0.2, 0.25) is 0 Å². The summed E-state index contributed by atoms with van der Waals surface area (Å²) in [5.74, 6) is -1.38. The molecule has 29 heavy (non-hydrogen) atoms. The third-order valence-electron chi connectivity index (χ3n) is 5.16. The van der Waals surface area contributed by atoms with Crippen molar-refractivity contribution < 1.29 is 17.2 Å². The van der Waals surface area contributed by atoms with Crippen molar-refractivity contribution in [2.75, 3.05) is 18.4 Å². The summed E-state index contributed by atoms with van der Waals surface area (Å²) < 4.78 is 54.5. The monoisotopic (exact) mass is 417 g/mol. The number of anilines is 1. The molecule has 8 heteroatoms. The van der Waals surface area contributed by atoms with Crippen LogP contribution in [0.5, 0.6) is 0 Å². The third-order valence-corrected chi connectivity index (χ3v) is 7.01. The van der Waals surface area contributed by atoms with Gasteiger partial charge in [-0.2, -0.15) is 0 Å². The molecule has 152 valence electrons. The molecule has 1 fully saturated rings. The molecule has 0 bridgehead atoms. The molecule has 1 aromatic heterocycles. The molecule has 0 atom stereocenters. The quantitative estimate of drug-likeness (QED) is 0.684. The largest absolute Gasteiger partial charge is 0.382 e. The summed E-state index contributed by atoms with van der Waals surface area (Å²) in [5, 5.41) is 3.68. The molecule has 5 nitrogen and oxygen atoms in total. The lowest BCUT2D eigenvalue weighted by molar-refractivity contribution is 0.329. The predicted octanol–water partition coefficient (Wildman–Crippen LogP) is 3.92. The van der Waals surface area contributed by atoms with Gasteiger partial charge in [-0.05, 0) is 30.5 Å². The molecule has 1 saturated heterocycles. The first-order valence-corrected chi connectivity index (χ1v) is 11.1. The molecule has 0 unspecified atom stereocenters. The Morgan fingerprint density at radius 3 is 2.52 bits per heavy atom. The van der Waals surface area contributed by atoms with Gasteiger partial charge in [-0.25, -0.2) is 21.5 Å². The third kappa shape index (κ3) is 4.38. The van der Waals surface area contributed by atoms with E-state index in [1.807, 2.05) is 18.2 Å². The van der Waals surface area contributed by atoms with E-state index in [9.17, 15) is 17.2 Å². The van der Waals surface area contributed by atoms with E-state index in [2.05, 4.69) is 10.3 Å². The van der Waals surface area contributed by atoms with Crippen LogP contribution in [-0.4, -0.2) is 36.8 Å². The van der Waals surface area contributed by atoms with Crippen molar-refractivity contribution >= 4 is 26.6 Å². The van der Waals surface area contributed by atoms with Crippen LogP contribution < -0.4 is 5.32 Å². The van der Waals surface area contributed by atoms with Crippen molar-refractivity contribution in [3.63, 3.8) is 0 Å². The van der Waals surface area contributed by atoms with Gasteiger partial charge in [0.15, 0.2) is 5.82 Å². The molecule has 0 saturated carbocycles. The maximum atomic E-state index is 14.0. The Morgan fingerprint density at radius 1 is 1.07 bits per heavy atom. The Morgan fingerprint density at radius 2 is 1.79 bits per heavy atom. The van der Waals surface area contributed by atoms with Gasteiger partial charge >= 0.3 is 0 Å². The fraction of sp³-hybridized carbons (Fsp3) is 0.286. The maximum absolute atomic E-state index is 14.0. The van der Waals surface area contributed by atoms with Crippen molar-refractivity contribution in [3.05, 3.63) is 71.9 Å². The van der Waals surface area contributed by atoms with Gasteiger partial charge < -0.3 is 5.32 Å². The molecule has 3 aromatic rings. The number of fused-ring (bicyclic) bond motifs is 1. The van der Waals surface area contributed by atoms with Crippen LogP contribution in [0.1, 0.15) is 18.4 Å². The van der Waals surface area contributed by atoms with Gasteiger partial charge in [-0.1, -0.05) is 30.3 Å². The number of pyridine rings is 1.